The van der Waals surface area contributed by atoms with Crippen LogP contribution in [0.25, 0.3) is 0 Å². The lowest BCUT2D eigenvalue weighted by Gasteiger charge is -2.29. The molecule has 0 aromatic heterocycles. The van der Waals surface area contributed by atoms with Crippen LogP contribution in [0.4, 0.5) is 0 Å². The van der Waals surface area contributed by atoms with Crippen molar-refractivity contribution < 1.29 is 22.6 Å². The maximum Gasteiger partial charge on any atom is 0.240 e. The molecular weight excluding hydrogens is 320 g/mol. The van der Waals surface area contributed by atoms with Crippen LogP contribution in [0.5, 0.6) is 11.5 Å². The van der Waals surface area contributed by atoms with E-state index in [1.807, 2.05) is 6.92 Å². The minimum Gasteiger partial charge on any atom is -0.493 e. The van der Waals surface area contributed by atoms with Crippen LogP contribution in [-0.4, -0.2) is 66.4 Å². The van der Waals surface area contributed by atoms with Gasteiger partial charge in [-0.15, -0.1) is 0 Å². The predicted molar refractivity (Wildman–Crippen MR) is 86.6 cm³/mol. The number of morpholine rings is 1. The van der Waals surface area contributed by atoms with Crippen molar-refractivity contribution in [2.24, 2.45) is 0 Å². The zero-order valence-corrected chi connectivity index (χ0v) is 14.6. The van der Waals surface area contributed by atoms with E-state index in [0.717, 1.165) is 13.1 Å². The minimum atomic E-state index is -3.61. The number of benzene rings is 1. The van der Waals surface area contributed by atoms with Gasteiger partial charge >= 0.3 is 0 Å². The van der Waals surface area contributed by atoms with E-state index in [-0.39, 0.29) is 10.9 Å². The second-order valence-corrected chi connectivity index (χ2v) is 7.17. The first-order valence-electron chi connectivity index (χ1n) is 7.50. The highest BCUT2D eigenvalue weighted by atomic mass is 32.2. The van der Waals surface area contributed by atoms with Crippen LogP contribution in [0.15, 0.2) is 23.1 Å². The minimum absolute atomic E-state index is 0.156. The monoisotopic (exact) mass is 344 g/mol. The van der Waals surface area contributed by atoms with Gasteiger partial charge in [-0.25, -0.2) is 13.1 Å². The number of rotatable bonds is 7. The van der Waals surface area contributed by atoms with Crippen molar-refractivity contribution in [2.75, 3.05) is 47.1 Å². The molecule has 1 N–H and O–H groups in total. The number of hydrogen-bond donors (Lipinski definition) is 1. The summed E-state index contributed by atoms with van der Waals surface area (Å²) in [4.78, 5) is 2.34. The zero-order valence-electron chi connectivity index (χ0n) is 13.7. The van der Waals surface area contributed by atoms with E-state index in [4.69, 9.17) is 14.2 Å². The molecule has 1 fully saturated rings. The van der Waals surface area contributed by atoms with E-state index >= 15 is 0 Å². The first-order chi connectivity index (χ1) is 11.0. The molecule has 1 heterocycles. The smallest absolute Gasteiger partial charge is 0.240 e. The Balaban J connectivity index is 2.05. The highest BCUT2D eigenvalue weighted by Crippen LogP contribution is 2.29. The Bertz CT molecular complexity index is 614. The lowest BCUT2D eigenvalue weighted by atomic mass is 10.3. The van der Waals surface area contributed by atoms with Crippen molar-refractivity contribution in [3.63, 3.8) is 0 Å². The number of nitrogens with one attached hydrogen (secondary N) is 1. The maximum absolute atomic E-state index is 12.5. The Labute approximate surface area is 137 Å². The van der Waals surface area contributed by atoms with Gasteiger partial charge in [0.15, 0.2) is 11.5 Å². The summed E-state index contributed by atoms with van der Waals surface area (Å²) >= 11 is 0. The third kappa shape index (κ3) is 4.81. The number of nitrogens with zero attached hydrogens (tertiary/aromatic N) is 1. The number of hydrogen-bond acceptors (Lipinski definition) is 6. The van der Waals surface area contributed by atoms with E-state index in [2.05, 4.69) is 9.62 Å². The molecule has 0 amide bonds. The standard InChI is InChI=1S/C15H24N2O5S/c1-12(11-17-6-8-22-9-7-17)16-23(18,19)13-4-5-14(20-2)15(10-13)21-3/h4-5,10,12,16H,6-9,11H2,1-3H3/t12-/m0/s1. The van der Waals surface area contributed by atoms with Crippen molar-refractivity contribution in [1.82, 2.24) is 9.62 Å². The SMILES string of the molecule is COc1ccc(S(=O)(=O)N[C@@H](C)CN2CCOCC2)cc1OC. The summed E-state index contributed by atoms with van der Waals surface area (Å²) in [5.41, 5.74) is 0. The predicted octanol–water partition coefficient (Wildman–Crippen LogP) is 0.703. The molecule has 2 rings (SSSR count). The van der Waals surface area contributed by atoms with Crippen LogP contribution in [0.3, 0.4) is 0 Å². The second kappa shape index (κ2) is 7.96. The highest BCUT2D eigenvalue weighted by molar-refractivity contribution is 7.89. The number of sulfonamides is 1. The topological polar surface area (TPSA) is 77.1 Å². The average molecular weight is 344 g/mol. The van der Waals surface area contributed by atoms with Gasteiger partial charge in [0.1, 0.15) is 0 Å². The summed E-state index contributed by atoms with van der Waals surface area (Å²) in [7, 11) is -0.628. The van der Waals surface area contributed by atoms with Gasteiger partial charge in [0.2, 0.25) is 10.0 Å². The zero-order chi connectivity index (χ0) is 16.9. The lowest BCUT2D eigenvalue weighted by molar-refractivity contribution is 0.0354. The van der Waals surface area contributed by atoms with E-state index in [1.54, 1.807) is 6.07 Å². The van der Waals surface area contributed by atoms with Gasteiger partial charge in [0.05, 0.1) is 32.3 Å². The largest absolute Gasteiger partial charge is 0.493 e. The van der Waals surface area contributed by atoms with Gasteiger partial charge in [-0.2, -0.15) is 0 Å². The molecule has 0 radical (unpaired) electrons. The van der Waals surface area contributed by atoms with Crippen LogP contribution in [0.1, 0.15) is 6.92 Å². The Morgan fingerprint density at radius 2 is 1.87 bits per heavy atom. The third-order valence-corrected chi connectivity index (χ3v) is 5.24. The first-order valence-corrected chi connectivity index (χ1v) is 8.99. The van der Waals surface area contributed by atoms with Gasteiger partial charge in [-0.05, 0) is 19.1 Å². The van der Waals surface area contributed by atoms with Crippen molar-refractivity contribution in [1.29, 1.82) is 0 Å². The van der Waals surface area contributed by atoms with E-state index < -0.39 is 10.0 Å². The molecule has 0 bridgehead atoms. The highest BCUT2D eigenvalue weighted by Gasteiger charge is 2.21. The summed E-state index contributed by atoms with van der Waals surface area (Å²) in [6.07, 6.45) is 0. The Kier molecular flexibility index (Phi) is 6.23. The normalized spacial score (nSPS) is 17.7. The fraction of sp³-hybridized carbons (Fsp3) is 0.600. The molecule has 1 saturated heterocycles. The van der Waals surface area contributed by atoms with Gasteiger partial charge in [-0.1, -0.05) is 0 Å². The fourth-order valence-corrected chi connectivity index (χ4v) is 3.77. The summed E-state index contributed by atoms with van der Waals surface area (Å²) in [6, 6.07) is 4.35. The van der Waals surface area contributed by atoms with Crippen LogP contribution < -0.4 is 14.2 Å². The molecule has 0 unspecified atom stereocenters. The van der Waals surface area contributed by atoms with Crippen LogP contribution in [0.2, 0.25) is 0 Å². The van der Waals surface area contributed by atoms with Crippen LogP contribution >= 0.6 is 0 Å². The molecule has 8 heteroatoms. The van der Waals surface area contributed by atoms with Gasteiger partial charge < -0.3 is 14.2 Å². The van der Waals surface area contributed by atoms with Crippen molar-refractivity contribution >= 4 is 10.0 Å². The van der Waals surface area contributed by atoms with Crippen LogP contribution in [-0.2, 0) is 14.8 Å². The molecular formula is C15H24N2O5S. The average Bonchev–Trinajstić information content (AvgIpc) is 2.54. The molecule has 1 aliphatic heterocycles. The molecule has 0 spiro atoms. The molecule has 1 aromatic rings. The van der Waals surface area contributed by atoms with Crippen molar-refractivity contribution in [2.45, 2.75) is 17.9 Å². The molecule has 130 valence electrons. The third-order valence-electron chi connectivity index (χ3n) is 3.66. The van der Waals surface area contributed by atoms with Crippen molar-refractivity contribution in [3.05, 3.63) is 18.2 Å². The molecule has 23 heavy (non-hydrogen) atoms. The number of ether oxygens (including phenoxy) is 3. The molecule has 0 saturated carbocycles. The molecule has 1 aromatic carbocycles. The van der Waals surface area contributed by atoms with E-state index in [1.165, 1.54) is 26.4 Å². The summed E-state index contributed by atoms with van der Waals surface area (Å²) < 4.78 is 43.3. The van der Waals surface area contributed by atoms with Gasteiger partial charge in [0, 0.05) is 31.7 Å². The summed E-state index contributed by atoms with van der Waals surface area (Å²) in [6.45, 7) is 5.53. The molecule has 7 nitrogen and oxygen atoms in total. The van der Waals surface area contributed by atoms with Crippen LogP contribution in [0, 0.1) is 0 Å². The van der Waals surface area contributed by atoms with E-state index in [9.17, 15) is 8.42 Å². The Hall–Kier alpha value is -1.35. The number of methoxy groups -OCH3 is 2. The second-order valence-electron chi connectivity index (χ2n) is 5.45. The Morgan fingerprint density at radius 1 is 1.22 bits per heavy atom. The Morgan fingerprint density at radius 3 is 2.48 bits per heavy atom. The quantitative estimate of drug-likeness (QED) is 0.785. The molecule has 1 aliphatic rings. The molecule has 0 aliphatic carbocycles. The van der Waals surface area contributed by atoms with Gasteiger partial charge in [0.25, 0.3) is 0 Å². The molecule has 1 atom stereocenters. The lowest BCUT2D eigenvalue weighted by Crippen LogP contribution is -2.45. The fourth-order valence-electron chi connectivity index (χ4n) is 2.52. The maximum atomic E-state index is 12.5. The summed E-state index contributed by atoms with van der Waals surface area (Å²) in [5, 5.41) is 0. The van der Waals surface area contributed by atoms with E-state index in [0.29, 0.717) is 31.3 Å². The van der Waals surface area contributed by atoms with Crippen molar-refractivity contribution in [3.8, 4) is 11.5 Å². The first kappa shape index (κ1) is 18.0. The van der Waals surface area contributed by atoms with Gasteiger partial charge in [-0.3, -0.25) is 4.90 Å². The summed E-state index contributed by atoms with van der Waals surface area (Å²) in [5.74, 6) is 0.879.